The van der Waals surface area contributed by atoms with Gasteiger partial charge >= 0.3 is 0 Å². The van der Waals surface area contributed by atoms with Crippen LogP contribution in [0.2, 0.25) is 0 Å². The van der Waals surface area contributed by atoms with Crippen molar-refractivity contribution in [1.82, 2.24) is 20.1 Å². The maximum absolute atomic E-state index is 12.1. The van der Waals surface area contributed by atoms with Crippen molar-refractivity contribution in [3.63, 3.8) is 0 Å². The van der Waals surface area contributed by atoms with Gasteiger partial charge in [0.2, 0.25) is 5.91 Å². The number of hydrogen-bond acceptors (Lipinski definition) is 7. The van der Waals surface area contributed by atoms with Gasteiger partial charge in [-0.1, -0.05) is 11.3 Å². The minimum Gasteiger partial charge on any atom is -0.497 e. The van der Waals surface area contributed by atoms with Gasteiger partial charge in [0, 0.05) is 27.3 Å². The van der Waals surface area contributed by atoms with Gasteiger partial charge in [-0.25, -0.2) is 4.68 Å². The molecule has 150 valence electrons. The molecular formula is C19H25N5O3S. The van der Waals surface area contributed by atoms with E-state index >= 15 is 0 Å². The molecule has 3 aromatic rings. The fourth-order valence-electron chi connectivity index (χ4n) is 2.77. The van der Waals surface area contributed by atoms with Gasteiger partial charge in [-0.05, 0) is 37.6 Å². The standard InChI is InChI=1S/C19H25N5O3S/c1-13-17-18(24(22-13)14-6-8-15(27-4)9-7-14)21-19(28-17)23(2)12-16(25)20-10-5-11-26-3/h6-9H,5,10-12H2,1-4H3,(H,20,25). The van der Waals surface area contributed by atoms with Crippen molar-refractivity contribution in [2.45, 2.75) is 13.3 Å². The average molecular weight is 404 g/mol. The fraction of sp³-hybridized carbons (Fsp3) is 0.421. The van der Waals surface area contributed by atoms with Crippen molar-refractivity contribution in [2.24, 2.45) is 0 Å². The molecule has 0 saturated heterocycles. The van der Waals surface area contributed by atoms with Crippen LogP contribution >= 0.6 is 11.3 Å². The second-order valence-corrected chi connectivity index (χ2v) is 7.37. The molecule has 28 heavy (non-hydrogen) atoms. The number of carbonyl (C=O) groups excluding carboxylic acids is 1. The third-order valence-corrected chi connectivity index (χ3v) is 5.52. The number of methoxy groups -OCH3 is 2. The lowest BCUT2D eigenvalue weighted by molar-refractivity contribution is -0.119. The highest BCUT2D eigenvalue weighted by atomic mass is 32.1. The van der Waals surface area contributed by atoms with Crippen LogP contribution in [0.25, 0.3) is 16.0 Å². The van der Waals surface area contributed by atoms with E-state index in [9.17, 15) is 4.79 Å². The first-order valence-corrected chi connectivity index (χ1v) is 9.82. The minimum atomic E-state index is -0.0358. The van der Waals surface area contributed by atoms with Crippen LogP contribution in [0.5, 0.6) is 5.75 Å². The zero-order valence-corrected chi connectivity index (χ0v) is 17.4. The van der Waals surface area contributed by atoms with E-state index < -0.39 is 0 Å². The van der Waals surface area contributed by atoms with Crippen LogP contribution < -0.4 is 15.0 Å². The lowest BCUT2D eigenvalue weighted by Crippen LogP contribution is -2.35. The lowest BCUT2D eigenvalue weighted by atomic mass is 10.3. The number of anilines is 1. The molecule has 2 aromatic heterocycles. The second kappa shape index (κ2) is 9.03. The predicted molar refractivity (Wildman–Crippen MR) is 111 cm³/mol. The zero-order valence-electron chi connectivity index (χ0n) is 16.6. The first kappa shape index (κ1) is 20.1. The SMILES string of the molecule is COCCCNC(=O)CN(C)c1nc2c(s1)c(C)nn2-c1ccc(OC)cc1. The number of nitrogens with zero attached hydrogens (tertiary/aromatic N) is 4. The fourth-order valence-corrected chi connectivity index (χ4v) is 3.72. The summed E-state index contributed by atoms with van der Waals surface area (Å²) in [5.41, 5.74) is 2.61. The Bertz CT molecular complexity index is 935. The Morgan fingerprint density at radius 3 is 2.71 bits per heavy atom. The van der Waals surface area contributed by atoms with E-state index in [0.717, 1.165) is 39.0 Å². The van der Waals surface area contributed by atoms with Crippen LogP contribution in [0, 0.1) is 6.92 Å². The summed E-state index contributed by atoms with van der Waals surface area (Å²) in [4.78, 5) is 18.7. The van der Waals surface area contributed by atoms with Gasteiger partial charge in [-0.3, -0.25) is 4.79 Å². The molecule has 9 heteroatoms. The van der Waals surface area contributed by atoms with E-state index in [2.05, 4.69) is 10.4 Å². The van der Waals surface area contributed by atoms with Gasteiger partial charge in [0.25, 0.3) is 0 Å². The first-order chi connectivity index (χ1) is 13.5. The zero-order chi connectivity index (χ0) is 20.1. The maximum Gasteiger partial charge on any atom is 0.239 e. The first-order valence-electron chi connectivity index (χ1n) is 9.01. The quantitative estimate of drug-likeness (QED) is 0.553. The number of fused-ring (bicyclic) bond motifs is 1. The number of aryl methyl sites for hydroxylation is 1. The molecule has 1 aromatic carbocycles. The molecular weight excluding hydrogens is 378 g/mol. The van der Waals surface area contributed by atoms with Crippen LogP contribution in [-0.2, 0) is 9.53 Å². The molecule has 0 aliphatic heterocycles. The third-order valence-electron chi connectivity index (χ3n) is 4.25. The highest BCUT2D eigenvalue weighted by Gasteiger charge is 2.18. The molecule has 0 bridgehead atoms. The van der Waals surface area contributed by atoms with Crippen molar-refractivity contribution in [3.8, 4) is 11.4 Å². The van der Waals surface area contributed by atoms with Gasteiger partial charge < -0.3 is 19.7 Å². The molecule has 1 N–H and O–H groups in total. The summed E-state index contributed by atoms with van der Waals surface area (Å²) in [6, 6.07) is 7.68. The summed E-state index contributed by atoms with van der Waals surface area (Å²) >= 11 is 1.54. The molecule has 0 atom stereocenters. The summed E-state index contributed by atoms with van der Waals surface area (Å²) in [6.07, 6.45) is 0.796. The van der Waals surface area contributed by atoms with Crippen molar-refractivity contribution in [1.29, 1.82) is 0 Å². The Balaban J connectivity index is 1.75. The molecule has 1 amide bonds. The number of hydrogen-bond donors (Lipinski definition) is 1. The maximum atomic E-state index is 12.1. The number of rotatable bonds is 9. The van der Waals surface area contributed by atoms with Crippen LogP contribution in [0.15, 0.2) is 24.3 Å². The number of amides is 1. The summed E-state index contributed by atoms with van der Waals surface area (Å²) in [6.45, 7) is 3.45. The van der Waals surface area contributed by atoms with Gasteiger partial charge in [0.1, 0.15) is 5.75 Å². The highest BCUT2D eigenvalue weighted by Crippen LogP contribution is 2.32. The van der Waals surface area contributed by atoms with Crippen LogP contribution in [0.4, 0.5) is 5.13 Å². The van der Waals surface area contributed by atoms with Crippen molar-refractivity contribution >= 4 is 32.7 Å². The van der Waals surface area contributed by atoms with Gasteiger partial charge in [0.15, 0.2) is 10.8 Å². The van der Waals surface area contributed by atoms with E-state index in [1.807, 2.05) is 47.8 Å². The Hall–Kier alpha value is -2.65. The summed E-state index contributed by atoms with van der Waals surface area (Å²) < 4.78 is 13.0. The van der Waals surface area contributed by atoms with E-state index in [0.29, 0.717) is 13.2 Å². The predicted octanol–water partition coefficient (Wildman–Crippen LogP) is 2.39. The number of carbonyl (C=O) groups is 1. The smallest absolute Gasteiger partial charge is 0.239 e. The van der Waals surface area contributed by atoms with E-state index in [1.54, 1.807) is 14.2 Å². The Morgan fingerprint density at radius 2 is 2.04 bits per heavy atom. The molecule has 0 saturated carbocycles. The van der Waals surface area contributed by atoms with E-state index in [4.69, 9.17) is 14.5 Å². The van der Waals surface area contributed by atoms with Crippen molar-refractivity contribution in [3.05, 3.63) is 30.0 Å². The Morgan fingerprint density at radius 1 is 1.29 bits per heavy atom. The van der Waals surface area contributed by atoms with Gasteiger partial charge in [0.05, 0.1) is 29.7 Å². The summed E-state index contributed by atoms with van der Waals surface area (Å²) in [7, 11) is 5.16. The lowest BCUT2D eigenvalue weighted by Gasteiger charge is -2.15. The van der Waals surface area contributed by atoms with Crippen LogP contribution in [0.3, 0.4) is 0 Å². The monoisotopic (exact) mass is 403 g/mol. The van der Waals surface area contributed by atoms with E-state index in [1.165, 1.54) is 11.3 Å². The Labute approximate surface area is 168 Å². The molecule has 0 aliphatic carbocycles. The molecule has 0 radical (unpaired) electrons. The van der Waals surface area contributed by atoms with E-state index in [-0.39, 0.29) is 12.5 Å². The topological polar surface area (TPSA) is 81.5 Å². The number of thiazole rings is 1. The highest BCUT2D eigenvalue weighted by molar-refractivity contribution is 7.22. The molecule has 3 rings (SSSR count). The van der Waals surface area contributed by atoms with Crippen molar-refractivity contribution < 1.29 is 14.3 Å². The number of ether oxygens (including phenoxy) is 2. The van der Waals surface area contributed by atoms with Gasteiger partial charge in [-0.2, -0.15) is 10.1 Å². The molecule has 0 spiro atoms. The van der Waals surface area contributed by atoms with Gasteiger partial charge in [-0.15, -0.1) is 0 Å². The molecule has 0 aliphatic rings. The molecule has 0 fully saturated rings. The average Bonchev–Trinajstić information content (AvgIpc) is 3.26. The Kier molecular flexibility index (Phi) is 6.48. The minimum absolute atomic E-state index is 0.0358. The number of nitrogens with one attached hydrogen (secondary N) is 1. The number of aromatic nitrogens is 3. The van der Waals surface area contributed by atoms with Crippen LogP contribution in [0.1, 0.15) is 12.1 Å². The number of benzene rings is 1. The summed E-state index contributed by atoms with van der Waals surface area (Å²) in [5.74, 6) is 0.755. The second-order valence-electron chi connectivity index (χ2n) is 6.40. The molecule has 0 unspecified atom stereocenters. The largest absolute Gasteiger partial charge is 0.497 e. The van der Waals surface area contributed by atoms with Crippen molar-refractivity contribution in [2.75, 3.05) is 45.9 Å². The summed E-state index contributed by atoms with van der Waals surface area (Å²) in [5, 5.41) is 8.28. The number of likely N-dealkylation sites (N-methyl/N-ethyl adjacent to an activating group) is 1. The third kappa shape index (κ3) is 4.42. The molecule has 8 nitrogen and oxygen atoms in total. The molecule has 2 heterocycles. The normalized spacial score (nSPS) is 11.0. The van der Waals surface area contributed by atoms with Crippen LogP contribution in [-0.4, -0.2) is 61.6 Å².